The number of carbonyl (C=O) groups is 2. The third-order valence-corrected chi connectivity index (χ3v) is 5.13. The van der Waals surface area contributed by atoms with Crippen LogP contribution < -0.4 is 0 Å². The summed E-state index contributed by atoms with van der Waals surface area (Å²) in [4.78, 5) is 30.0. The number of nitrogens with zero attached hydrogens (tertiary/aromatic N) is 2. The van der Waals surface area contributed by atoms with Crippen LogP contribution in [0.3, 0.4) is 0 Å². The van der Waals surface area contributed by atoms with Gasteiger partial charge in [0.1, 0.15) is 12.0 Å². The van der Waals surface area contributed by atoms with Gasteiger partial charge in [-0.25, -0.2) is 4.79 Å². The number of ether oxygens (including phenoxy) is 1. The molecule has 2 aliphatic rings. The minimum Gasteiger partial charge on any atom is -0.481 e. The predicted octanol–water partition coefficient (Wildman–Crippen LogP) is 2.51. The molecular formula is C17H18N2O4S. The number of rotatable bonds is 4. The number of thiocarbonyl (C=S) groups is 1. The maximum atomic E-state index is 12.4. The molecule has 2 aliphatic heterocycles. The largest absolute Gasteiger partial charge is 0.481 e. The highest BCUT2D eigenvalue weighted by molar-refractivity contribution is 7.78. The van der Waals surface area contributed by atoms with E-state index in [1.165, 1.54) is 0 Å². The molecule has 2 heterocycles. The number of fused-ring (bicyclic) bond motifs is 2. The molecule has 1 aromatic carbocycles. The molecule has 1 aromatic rings. The van der Waals surface area contributed by atoms with Gasteiger partial charge in [-0.2, -0.15) is 4.99 Å². The Hall–Kier alpha value is -2.08. The van der Waals surface area contributed by atoms with Gasteiger partial charge in [0, 0.05) is 18.5 Å². The lowest BCUT2D eigenvalue weighted by atomic mass is 9.87. The molecule has 0 aromatic heterocycles. The topological polar surface area (TPSA) is 79.2 Å². The van der Waals surface area contributed by atoms with Crippen molar-refractivity contribution in [3.05, 3.63) is 29.8 Å². The number of carboxylic acids is 1. The molecular weight excluding hydrogens is 328 g/mol. The summed E-state index contributed by atoms with van der Waals surface area (Å²) in [6, 6.07) is 6.67. The lowest BCUT2D eigenvalue weighted by Crippen LogP contribution is -2.53. The number of aliphatic carboxylic acids is 1. The first-order chi connectivity index (χ1) is 11.5. The van der Waals surface area contributed by atoms with Crippen LogP contribution in [0.1, 0.15) is 29.6 Å². The number of esters is 1. The van der Waals surface area contributed by atoms with Gasteiger partial charge in [-0.3, -0.25) is 9.69 Å². The Morgan fingerprint density at radius 2 is 2.04 bits per heavy atom. The number of aliphatic imine (C=N–C) groups is 1. The molecule has 2 bridgehead atoms. The van der Waals surface area contributed by atoms with Crippen molar-refractivity contribution >= 4 is 35.0 Å². The maximum Gasteiger partial charge on any atom is 0.338 e. The van der Waals surface area contributed by atoms with E-state index in [2.05, 4.69) is 27.3 Å². The van der Waals surface area contributed by atoms with Crippen LogP contribution in [-0.4, -0.2) is 52.3 Å². The van der Waals surface area contributed by atoms with Gasteiger partial charge < -0.3 is 9.84 Å². The number of carbonyl (C=O) groups excluding carboxylic acids is 1. The first-order valence-corrected chi connectivity index (χ1v) is 8.25. The fourth-order valence-electron chi connectivity index (χ4n) is 3.80. The van der Waals surface area contributed by atoms with Gasteiger partial charge in [-0.15, -0.1) is 0 Å². The molecule has 24 heavy (non-hydrogen) atoms. The molecule has 6 nitrogen and oxygen atoms in total. The molecule has 126 valence electrons. The Morgan fingerprint density at radius 3 is 2.67 bits per heavy atom. The predicted molar refractivity (Wildman–Crippen MR) is 90.6 cm³/mol. The zero-order valence-corrected chi connectivity index (χ0v) is 14.0. The third-order valence-electron chi connectivity index (χ3n) is 5.04. The molecule has 0 aliphatic carbocycles. The molecule has 0 unspecified atom stereocenters. The van der Waals surface area contributed by atoms with E-state index >= 15 is 0 Å². The summed E-state index contributed by atoms with van der Waals surface area (Å²) in [6.07, 6.45) is 1.74. The minimum absolute atomic E-state index is 0.0710. The number of piperidine rings is 1. The van der Waals surface area contributed by atoms with Crippen molar-refractivity contribution in [3.8, 4) is 0 Å². The van der Waals surface area contributed by atoms with Crippen LogP contribution in [-0.2, 0) is 9.53 Å². The Kier molecular flexibility index (Phi) is 4.76. The summed E-state index contributed by atoms with van der Waals surface area (Å²) >= 11 is 4.53. The molecule has 3 rings (SSSR count). The standard InChI is InChI=1S/C17H18N2O4S/c1-19-12-6-7-13(19)15(16(20)21)14(8-12)23-17(22)10-2-4-11(5-3-10)18-9-24/h2-5,12-15H,6-8H2,1H3,(H,20,21)/t12-,13+,14-,15+/m0/s1. The molecule has 0 radical (unpaired) electrons. The van der Waals surface area contributed by atoms with Gasteiger partial charge in [-0.1, -0.05) is 0 Å². The van der Waals surface area contributed by atoms with Gasteiger partial charge in [-0.05, 0) is 56.4 Å². The summed E-state index contributed by atoms with van der Waals surface area (Å²) in [5, 5.41) is 11.8. The van der Waals surface area contributed by atoms with Crippen molar-refractivity contribution in [2.75, 3.05) is 7.05 Å². The summed E-state index contributed by atoms with van der Waals surface area (Å²) in [5.41, 5.74) is 0.969. The second-order valence-electron chi connectivity index (χ2n) is 6.26. The monoisotopic (exact) mass is 346 g/mol. The van der Waals surface area contributed by atoms with Crippen molar-refractivity contribution in [2.24, 2.45) is 10.9 Å². The lowest BCUT2D eigenvalue weighted by molar-refractivity contribution is -0.152. The van der Waals surface area contributed by atoms with Gasteiger partial charge in [0.15, 0.2) is 0 Å². The van der Waals surface area contributed by atoms with Crippen LogP contribution in [0.2, 0.25) is 0 Å². The first kappa shape index (κ1) is 16.8. The Morgan fingerprint density at radius 1 is 1.33 bits per heavy atom. The van der Waals surface area contributed by atoms with Crippen LogP contribution >= 0.6 is 12.2 Å². The van der Waals surface area contributed by atoms with E-state index in [0.29, 0.717) is 17.7 Å². The molecule has 0 spiro atoms. The lowest BCUT2D eigenvalue weighted by Gasteiger charge is -2.40. The van der Waals surface area contributed by atoms with E-state index in [1.54, 1.807) is 24.3 Å². The molecule has 1 N–H and O–H groups in total. The van der Waals surface area contributed by atoms with E-state index in [9.17, 15) is 14.7 Å². The Bertz CT molecular complexity index is 699. The van der Waals surface area contributed by atoms with Crippen LogP contribution in [0.15, 0.2) is 29.3 Å². The normalized spacial score (nSPS) is 28.9. The first-order valence-electron chi connectivity index (χ1n) is 7.85. The van der Waals surface area contributed by atoms with Crippen LogP contribution in [0.4, 0.5) is 5.69 Å². The van der Waals surface area contributed by atoms with Crippen molar-refractivity contribution in [2.45, 2.75) is 37.5 Å². The molecule has 2 fully saturated rings. The van der Waals surface area contributed by atoms with Crippen LogP contribution in [0, 0.1) is 5.92 Å². The number of isothiocyanates is 1. The second-order valence-corrected chi connectivity index (χ2v) is 6.44. The smallest absolute Gasteiger partial charge is 0.338 e. The molecule has 7 heteroatoms. The van der Waals surface area contributed by atoms with E-state index in [1.807, 2.05) is 7.05 Å². The minimum atomic E-state index is -0.907. The summed E-state index contributed by atoms with van der Waals surface area (Å²) in [6.45, 7) is 0. The summed E-state index contributed by atoms with van der Waals surface area (Å²) < 4.78 is 5.57. The van der Waals surface area contributed by atoms with Crippen molar-refractivity contribution < 1.29 is 19.4 Å². The van der Waals surface area contributed by atoms with Crippen LogP contribution in [0.5, 0.6) is 0 Å². The number of hydrogen-bond acceptors (Lipinski definition) is 6. The van der Waals surface area contributed by atoms with E-state index < -0.39 is 24.0 Å². The second kappa shape index (κ2) is 6.81. The highest BCUT2D eigenvalue weighted by atomic mass is 32.1. The Balaban J connectivity index is 1.75. The summed E-state index contributed by atoms with van der Waals surface area (Å²) in [7, 11) is 1.95. The number of carboxylic acid groups (broad SMARTS) is 1. The highest BCUT2D eigenvalue weighted by Crippen LogP contribution is 2.39. The SMILES string of the molecule is CN1[C@H]2CC[C@@H]1[C@@H](C(=O)O)[C@@H](OC(=O)c1ccc(N=C=S)cc1)C2. The zero-order valence-electron chi connectivity index (χ0n) is 13.2. The average molecular weight is 346 g/mol. The van der Waals surface area contributed by atoms with E-state index in [0.717, 1.165) is 12.8 Å². The number of hydrogen-bond donors (Lipinski definition) is 1. The van der Waals surface area contributed by atoms with Gasteiger partial charge in [0.05, 0.1) is 16.4 Å². The molecule has 2 saturated heterocycles. The van der Waals surface area contributed by atoms with Crippen LogP contribution in [0.25, 0.3) is 0 Å². The highest BCUT2D eigenvalue weighted by Gasteiger charge is 2.50. The zero-order chi connectivity index (χ0) is 17.3. The van der Waals surface area contributed by atoms with Crippen molar-refractivity contribution in [1.82, 2.24) is 4.90 Å². The molecule has 0 amide bonds. The maximum absolute atomic E-state index is 12.4. The fourth-order valence-corrected chi connectivity index (χ4v) is 3.90. The average Bonchev–Trinajstić information content (AvgIpc) is 2.79. The Labute approximate surface area is 145 Å². The molecule has 0 saturated carbocycles. The fraction of sp³-hybridized carbons (Fsp3) is 0.471. The van der Waals surface area contributed by atoms with Gasteiger partial charge in [0.25, 0.3) is 0 Å². The third kappa shape index (κ3) is 3.11. The van der Waals surface area contributed by atoms with Gasteiger partial charge in [0.2, 0.25) is 0 Å². The van der Waals surface area contributed by atoms with Crippen molar-refractivity contribution in [3.63, 3.8) is 0 Å². The van der Waals surface area contributed by atoms with Crippen molar-refractivity contribution in [1.29, 1.82) is 0 Å². The number of benzene rings is 1. The quantitative estimate of drug-likeness (QED) is 0.513. The molecule has 4 atom stereocenters. The summed E-state index contributed by atoms with van der Waals surface area (Å²) in [5.74, 6) is -2.10. The van der Waals surface area contributed by atoms with E-state index in [4.69, 9.17) is 4.74 Å². The van der Waals surface area contributed by atoms with E-state index in [-0.39, 0.29) is 12.1 Å². The van der Waals surface area contributed by atoms with Gasteiger partial charge >= 0.3 is 11.9 Å².